The van der Waals surface area contributed by atoms with E-state index >= 15 is 0 Å². The van der Waals surface area contributed by atoms with Crippen molar-refractivity contribution in [2.45, 2.75) is 26.3 Å². The van der Waals surface area contributed by atoms with Gasteiger partial charge in [0.25, 0.3) is 11.5 Å². The summed E-state index contributed by atoms with van der Waals surface area (Å²) in [4.78, 5) is 37.7. The van der Waals surface area contributed by atoms with Crippen molar-refractivity contribution in [2.75, 3.05) is 7.11 Å². The molecule has 3 rings (SSSR count). The lowest BCUT2D eigenvalue weighted by molar-refractivity contribution is -0.142. The van der Waals surface area contributed by atoms with Gasteiger partial charge in [-0.3, -0.25) is 9.59 Å². The lowest BCUT2D eigenvalue weighted by Gasteiger charge is -2.18. The van der Waals surface area contributed by atoms with Crippen LogP contribution in [-0.2, 0) is 23.0 Å². The van der Waals surface area contributed by atoms with E-state index in [4.69, 9.17) is 16.3 Å². The number of carbonyl (C=O) groups is 2. The number of ether oxygens (including phenoxy) is 1. The summed E-state index contributed by atoms with van der Waals surface area (Å²) in [5, 5.41) is 3.05. The van der Waals surface area contributed by atoms with Crippen LogP contribution in [0.4, 0.5) is 0 Å². The number of halogens is 1. The summed E-state index contributed by atoms with van der Waals surface area (Å²) in [7, 11) is 2.99. The molecule has 0 radical (unpaired) electrons. The number of aryl methyl sites for hydroxylation is 3. The SMILES string of the molecule is COC(=O)C(Cc1ccc(-c2c(C)ccn(C)c2=O)cc1)NC(=O)c1c(C)cccc1Cl. The Bertz CT molecular complexity index is 1200. The third-order valence-corrected chi connectivity index (χ3v) is 5.71. The van der Waals surface area contributed by atoms with Crippen molar-refractivity contribution >= 4 is 23.5 Å². The van der Waals surface area contributed by atoms with Crippen molar-refractivity contribution in [1.82, 2.24) is 9.88 Å². The van der Waals surface area contributed by atoms with Crippen LogP contribution in [0.3, 0.4) is 0 Å². The first-order valence-electron chi connectivity index (χ1n) is 10.1. The molecule has 1 heterocycles. The van der Waals surface area contributed by atoms with E-state index in [2.05, 4.69) is 5.32 Å². The van der Waals surface area contributed by atoms with Crippen LogP contribution >= 0.6 is 11.6 Å². The first-order chi connectivity index (χ1) is 15.2. The molecule has 1 amide bonds. The number of methoxy groups -OCH3 is 1. The third kappa shape index (κ3) is 4.92. The van der Waals surface area contributed by atoms with Crippen molar-refractivity contribution in [3.63, 3.8) is 0 Å². The van der Waals surface area contributed by atoms with Crippen LogP contribution in [0.5, 0.6) is 0 Å². The number of pyridine rings is 1. The van der Waals surface area contributed by atoms with Crippen LogP contribution in [0.25, 0.3) is 11.1 Å². The van der Waals surface area contributed by atoms with Gasteiger partial charge in [0, 0.05) is 19.7 Å². The Hall–Kier alpha value is -3.38. The number of amides is 1. The van der Waals surface area contributed by atoms with Crippen molar-refractivity contribution < 1.29 is 14.3 Å². The minimum Gasteiger partial charge on any atom is -0.467 e. The van der Waals surface area contributed by atoms with Gasteiger partial charge in [-0.25, -0.2) is 4.79 Å². The molecule has 7 heteroatoms. The highest BCUT2D eigenvalue weighted by molar-refractivity contribution is 6.34. The van der Waals surface area contributed by atoms with Gasteiger partial charge in [-0.2, -0.15) is 0 Å². The fourth-order valence-corrected chi connectivity index (χ4v) is 3.91. The molecule has 1 unspecified atom stereocenters. The van der Waals surface area contributed by atoms with Crippen molar-refractivity contribution in [3.8, 4) is 11.1 Å². The van der Waals surface area contributed by atoms with E-state index in [1.165, 1.54) is 11.7 Å². The Morgan fingerprint density at radius 1 is 1.06 bits per heavy atom. The van der Waals surface area contributed by atoms with Crippen molar-refractivity contribution in [3.05, 3.63) is 92.4 Å². The molecule has 0 aliphatic carbocycles. The second kappa shape index (κ2) is 9.83. The molecule has 0 spiro atoms. The van der Waals surface area contributed by atoms with Gasteiger partial charge < -0.3 is 14.6 Å². The quantitative estimate of drug-likeness (QED) is 0.576. The highest BCUT2D eigenvalue weighted by Gasteiger charge is 2.24. The van der Waals surface area contributed by atoms with Gasteiger partial charge in [0.1, 0.15) is 6.04 Å². The number of rotatable bonds is 6. The molecule has 0 aliphatic rings. The number of nitrogens with one attached hydrogen (secondary N) is 1. The van der Waals surface area contributed by atoms with E-state index in [1.807, 2.05) is 37.3 Å². The number of aromatic nitrogens is 1. The molecule has 0 bridgehead atoms. The predicted octanol–water partition coefficient (Wildman–Crippen LogP) is 3.84. The number of benzene rings is 2. The second-order valence-corrected chi connectivity index (χ2v) is 8.08. The summed E-state index contributed by atoms with van der Waals surface area (Å²) in [5.41, 5.74) is 4.08. The fourth-order valence-electron chi connectivity index (χ4n) is 3.60. The minimum absolute atomic E-state index is 0.0763. The maximum atomic E-state index is 12.8. The van der Waals surface area contributed by atoms with Crippen LogP contribution in [-0.4, -0.2) is 29.6 Å². The average molecular weight is 453 g/mol. The van der Waals surface area contributed by atoms with Gasteiger partial charge in [0.2, 0.25) is 0 Å². The Kier molecular flexibility index (Phi) is 7.15. The number of carbonyl (C=O) groups excluding carboxylic acids is 2. The Labute approximate surface area is 191 Å². The largest absolute Gasteiger partial charge is 0.467 e. The van der Waals surface area contributed by atoms with E-state index in [-0.39, 0.29) is 12.0 Å². The molecule has 166 valence electrons. The molecule has 6 nitrogen and oxygen atoms in total. The molecule has 0 aliphatic heterocycles. The molecule has 3 aromatic rings. The van der Waals surface area contributed by atoms with Crippen LogP contribution < -0.4 is 10.9 Å². The number of esters is 1. The number of hydrogen-bond donors (Lipinski definition) is 1. The molecule has 32 heavy (non-hydrogen) atoms. The topological polar surface area (TPSA) is 77.4 Å². The lowest BCUT2D eigenvalue weighted by Crippen LogP contribution is -2.43. The second-order valence-electron chi connectivity index (χ2n) is 7.67. The first kappa shape index (κ1) is 23.3. The highest BCUT2D eigenvalue weighted by Crippen LogP contribution is 2.22. The van der Waals surface area contributed by atoms with Crippen molar-refractivity contribution in [1.29, 1.82) is 0 Å². The molecule has 0 fully saturated rings. The Morgan fingerprint density at radius 2 is 1.75 bits per heavy atom. The maximum absolute atomic E-state index is 12.8. The van der Waals surface area contributed by atoms with Gasteiger partial charge in [-0.1, -0.05) is 48.0 Å². The van der Waals surface area contributed by atoms with Gasteiger partial charge in [0.05, 0.1) is 23.3 Å². The summed E-state index contributed by atoms with van der Waals surface area (Å²) < 4.78 is 6.43. The van der Waals surface area contributed by atoms with Gasteiger partial charge in [0.15, 0.2) is 0 Å². The number of hydrogen-bond acceptors (Lipinski definition) is 4. The molecule has 1 atom stereocenters. The third-order valence-electron chi connectivity index (χ3n) is 5.40. The minimum atomic E-state index is -0.889. The zero-order chi connectivity index (χ0) is 23.4. The standard InChI is InChI=1S/C25H25ClN2O4/c1-15-6-5-7-19(26)22(15)23(29)27-20(25(31)32-4)14-17-8-10-18(11-9-17)21-16(2)12-13-28(3)24(21)30/h5-13,20H,14H2,1-4H3,(H,27,29). The van der Waals surface area contributed by atoms with E-state index in [0.29, 0.717) is 21.7 Å². The predicted molar refractivity (Wildman–Crippen MR) is 125 cm³/mol. The lowest BCUT2D eigenvalue weighted by atomic mass is 9.98. The van der Waals surface area contributed by atoms with Crippen LogP contribution in [0.2, 0.25) is 5.02 Å². The van der Waals surface area contributed by atoms with Gasteiger partial charge in [-0.05, 0) is 48.2 Å². The summed E-state index contributed by atoms with van der Waals surface area (Å²) in [6.07, 6.45) is 1.97. The first-order valence-corrected chi connectivity index (χ1v) is 10.5. The molecule has 0 saturated carbocycles. The number of nitrogens with zero attached hydrogens (tertiary/aromatic N) is 1. The zero-order valence-corrected chi connectivity index (χ0v) is 19.2. The molecule has 2 aromatic carbocycles. The summed E-state index contributed by atoms with van der Waals surface area (Å²) in [6.45, 7) is 3.67. The van der Waals surface area contributed by atoms with E-state index in [9.17, 15) is 14.4 Å². The molecular weight excluding hydrogens is 428 g/mol. The van der Waals surface area contributed by atoms with Crippen LogP contribution in [0.15, 0.2) is 59.5 Å². The normalized spacial score (nSPS) is 11.7. The van der Waals surface area contributed by atoms with Gasteiger partial charge >= 0.3 is 5.97 Å². The molecule has 0 saturated heterocycles. The van der Waals surface area contributed by atoms with E-state index < -0.39 is 17.9 Å². The molecule has 1 aromatic heterocycles. The molecule has 1 N–H and O–H groups in total. The summed E-state index contributed by atoms with van der Waals surface area (Å²) in [6, 6.07) is 13.5. The van der Waals surface area contributed by atoms with Crippen molar-refractivity contribution in [2.24, 2.45) is 7.05 Å². The van der Waals surface area contributed by atoms with E-state index in [1.54, 1.807) is 38.4 Å². The Balaban J connectivity index is 1.84. The monoisotopic (exact) mass is 452 g/mol. The maximum Gasteiger partial charge on any atom is 0.328 e. The van der Waals surface area contributed by atoms with Crippen LogP contribution in [0.1, 0.15) is 27.0 Å². The highest BCUT2D eigenvalue weighted by atomic mass is 35.5. The summed E-state index contributed by atoms with van der Waals surface area (Å²) >= 11 is 6.19. The Morgan fingerprint density at radius 3 is 2.38 bits per heavy atom. The van der Waals surface area contributed by atoms with E-state index in [0.717, 1.165) is 16.7 Å². The van der Waals surface area contributed by atoms with Gasteiger partial charge in [-0.15, -0.1) is 0 Å². The fraction of sp³-hybridized carbons (Fsp3) is 0.240. The zero-order valence-electron chi connectivity index (χ0n) is 18.4. The average Bonchev–Trinajstić information content (AvgIpc) is 2.76. The molecular formula is C25H25ClN2O4. The summed E-state index contributed by atoms with van der Waals surface area (Å²) in [5.74, 6) is -0.997. The van der Waals surface area contributed by atoms with Crippen LogP contribution in [0, 0.1) is 13.8 Å². The smallest absolute Gasteiger partial charge is 0.328 e.